The first-order valence-corrected chi connectivity index (χ1v) is 9.63. The summed E-state index contributed by atoms with van der Waals surface area (Å²) in [4.78, 5) is 13.4. The largest absolute Gasteiger partial charge is 0.396 e. The number of carbonyl (C=O) groups is 1. The van der Waals surface area contributed by atoms with Crippen molar-refractivity contribution >= 4 is 11.4 Å². The Bertz CT molecular complexity index is 750. The van der Waals surface area contributed by atoms with Crippen LogP contribution >= 0.6 is 0 Å². The van der Waals surface area contributed by atoms with Gasteiger partial charge in [0.05, 0.1) is 0 Å². The predicted molar refractivity (Wildman–Crippen MR) is 103 cm³/mol. The summed E-state index contributed by atoms with van der Waals surface area (Å²) in [6, 6.07) is 6.02. The number of ketones is 1. The maximum atomic E-state index is 13.4. The molecule has 2 atom stereocenters. The van der Waals surface area contributed by atoms with Crippen LogP contribution in [0.25, 0.3) is 5.57 Å². The molecule has 0 spiro atoms. The molecule has 0 heterocycles. The van der Waals surface area contributed by atoms with Crippen molar-refractivity contribution in [1.82, 2.24) is 0 Å². The van der Waals surface area contributed by atoms with Crippen LogP contribution in [0.2, 0.25) is 0 Å². The summed E-state index contributed by atoms with van der Waals surface area (Å²) in [7, 11) is 0. The topological polar surface area (TPSA) is 83.6 Å². The van der Waals surface area contributed by atoms with E-state index in [0.29, 0.717) is 19.4 Å². The first kappa shape index (κ1) is 19.3. The van der Waals surface area contributed by atoms with Crippen LogP contribution < -0.4 is 5.73 Å². The monoisotopic (exact) mass is 357 g/mol. The van der Waals surface area contributed by atoms with E-state index >= 15 is 0 Å². The Labute approximate surface area is 156 Å². The number of allylic oxidation sites excluding steroid dienone is 1. The van der Waals surface area contributed by atoms with E-state index in [-0.39, 0.29) is 35.7 Å². The number of rotatable bonds is 6. The van der Waals surface area contributed by atoms with Crippen molar-refractivity contribution in [3.8, 4) is 0 Å². The van der Waals surface area contributed by atoms with Crippen molar-refractivity contribution < 1.29 is 15.0 Å². The second-order valence-electron chi connectivity index (χ2n) is 8.51. The van der Waals surface area contributed by atoms with Gasteiger partial charge >= 0.3 is 0 Å². The lowest BCUT2D eigenvalue weighted by molar-refractivity contribution is -0.125. The van der Waals surface area contributed by atoms with Gasteiger partial charge in [-0.2, -0.15) is 0 Å². The molecular weight excluding hydrogens is 326 g/mol. The van der Waals surface area contributed by atoms with E-state index in [1.165, 1.54) is 0 Å². The van der Waals surface area contributed by atoms with Gasteiger partial charge in [0.2, 0.25) is 0 Å². The van der Waals surface area contributed by atoms with E-state index in [2.05, 4.69) is 20.8 Å². The molecule has 0 aliphatic heterocycles. The minimum absolute atomic E-state index is 0.00712. The lowest BCUT2D eigenvalue weighted by Gasteiger charge is -2.31. The Hall–Kier alpha value is -1.49. The van der Waals surface area contributed by atoms with Crippen molar-refractivity contribution in [1.29, 1.82) is 0 Å². The molecule has 0 amide bonds. The van der Waals surface area contributed by atoms with Gasteiger partial charge in [-0.1, -0.05) is 39.0 Å². The van der Waals surface area contributed by atoms with Crippen LogP contribution in [0.3, 0.4) is 0 Å². The van der Waals surface area contributed by atoms with Crippen molar-refractivity contribution in [2.24, 2.45) is 22.5 Å². The second kappa shape index (κ2) is 6.91. The molecule has 26 heavy (non-hydrogen) atoms. The molecule has 2 unspecified atom stereocenters. The average molecular weight is 357 g/mol. The van der Waals surface area contributed by atoms with Crippen LogP contribution in [-0.4, -0.2) is 29.2 Å². The molecule has 3 rings (SSSR count). The average Bonchev–Trinajstić information content (AvgIpc) is 2.93. The molecule has 0 aromatic heterocycles. The molecule has 2 fully saturated rings. The molecule has 0 radical (unpaired) electrons. The first-order valence-electron chi connectivity index (χ1n) is 9.63. The van der Waals surface area contributed by atoms with E-state index in [4.69, 9.17) is 5.73 Å². The number of carbonyl (C=O) groups excluding carboxylic acids is 1. The zero-order valence-corrected chi connectivity index (χ0v) is 16.1. The fourth-order valence-electron chi connectivity index (χ4n) is 5.14. The summed E-state index contributed by atoms with van der Waals surface area (Å²) in [5.74, 6) is 0.484. The molecule has 0 saturated heterocycles. The van der Waals surface area contributed by atoms with Crippen molar-refractivity contribution in [2.45, 2.75) is 53.0 Å². The van der Waals surface area contributed by atoms with Crippen LogP contribution in [-0.2, 0) is 17.8 Å². The number of Topliss-reactive ketones (excluding diaryl/α,β-unsaturated/α-hetero) is 1. The van der Waals surface area contributed by atoms with E-state index in [0.717, 1.165) is 40.7 Å². The van der Waals surface area contributed by atoms with Gasteiger partial charge in [-0.3, -0.25) is 4.79 Å². The molecule has 4 heteroatoms. The Morgan fingerprint density at radius 3 is 2.50 bits per heavy atom. The summed E-state index contributed by atoms with van der Waals surface area (Å²) < 4.78 is 0. The number of benzene rings is 1. The Morgan fingerprint density at radius 2 is 1.96 bits per heavy atom. The van der Waals surface area contributed by atoms with Gasteiger partial charge in [-0.15, -0.1) is 0 Å². The predicted octanol–water partition coefficient (Wildman–Crippen LogP) is 2.84. The first-order chi connectivity index (χ1) is 12.3. The SMILES string of the molecule is CC12CCC(C(=C(CCO)c3ccc(CN)cc3CCO)C1=O)C2(C)C. The lowest BCUT2D eigenvalue weighted by atomic mass is 9.70. The van der Waals surface area contributed by atoms with Gasteiger partial charge < -0.3 is 15.9 Å². The number of hydrogen-bond donors (Lipinski definition) is 3. The highest BCUT2D eigenvalue weighted by Crippen LogP contribution is 2.66. The third-order valence-electron chi connectivity index (χ3n) is 7.12. The Kier molecular flexibility index (Phi) is 5.13. The van der Waals surface area contributed by atoms with Crippen LogP contribution in [0.1, 0.15) is 56.7 Å². The fourth-order valence-corrected chi connectivity index (χ4v) is 5.14. The quantitative estimate of drug-likeness (QED) is 0.684. The fraction of sp³-hybridized carbons (Fsp3) is 0.591. The van der Waals surface area contributed by atoms with Gasteiger partial charge in [-0.25, -0.2) is 0 Å². The minimum Gasteiger partial charge on any atom is -0.396 e. The van der Waals surface area contributed by atoms with Gasteiger partial charge in [0, 0.05) is 30.7 Å². The summed E-state index contributed by atoms with van der Waals surface area (Å²) >= 11 is 0. The molecule has 2 aliphatic carbocycles. The summed E-state index contributed by atoms with van der Waals surface area (Å²) in [5.41, 5.74) is 10.3. The zero-order chi connectivity index (χ0) is 19.1. The maximum absolute atomic E-state index is 13.4. The Morgan fingerprint density at radius 1 is 1.23 bits per heavy atom. The molecule has 2 saturated carbocycles. The van der Waals surface area contributed by atoms with E-state index in [1.807, 2.05) is 18.2 Å². The highest BCUT2D eigenvalue weighted by atomic mass is 16.3. The second-order valence-corrected chi connectivity index (χ2v) is 8.51. The third-order valence-corrected chi connectivity index (χ3v) is 7.12. The number of hydrogen-bond acceptors (Lipinski definition) is 4. The molecule has 2 aliphatic rings. The maximum Gasteiger partial charge on any atom is 0.165 e. The number of fused-ring (bicyclic) bond motifs is 2. The van der Waals surface area contributed by atoms with Crippen LogP contribution in [0.5, 0.6) is 0 Å². The summed E-state index contributed by atoms with van der Waals surface area (Å²) in [5, 5.41) is 19.2. The van der Waals surface area contributed by atoms with E-state index < -0.39 is 0 Å². The van der Waals surface area contributed by atoms with Crippen molar-refractivity contribution in [2.75, 3.05) is 13.2 Å². The van der Waals surface area contributed by atoms with E-state index in [9.17, 15) is 15.0 Å². The van der Waals surface area contributed by atoms with Crippen molar-refractivity contribution in [3.05, 3.63) is 40.5 Å². The Balaban J connectivity index is 2.20. The van der Waals surface area contributed by atoms with Gasteiger partial charge in [0.1, 0.15) is 0 Å². The highest BCUT2D eigenvalue weighted by molar-refractivity contribution is 6.10. The highest BCUT2D eigenvalue weighted by Gasteiger charge is 2.64. The van der Waals surface area contributed by atoms with Gasteiger partial charge in [0.15, 0.2) is 5.78 Å². The standard InChI is InChI=1S/C22H31NO3/c1-21(2)18-6-9-22(21,3)20(26)19(18)17(8-11-25)16-5-4-14(13-23)12-15(16)7-10-24/h4-5,12,18,24-25H,6-11,13,23H2,1-3H3. The molecule has 2 bridgehead atoms. The van der Waals surface area contributed by atoms with Crippen LogP contribution in [0.4, 0.5) is 0 Å². The lowest BCUT2D eigenvalue weighted by Crippen LogP contribution is -2.32. The van der Waals surface area contributed by atoms with Gasteiger partial charge in [0.25, 0.3) is 0 Å². The minimum atomic E-state index is -0.317. The van der Waals surface area contributed by atoms with E-state index in [1.54, 1.807) is 0 Å². The third kappa shape index (κ3) is 2.67. The molecular formula is C22H31NO3. The molecule has 142 valence electrons. The normalized spacial score (nSPS) is 28.7. The molecule has 4 nitrogen and oxygen atoms in total. The molecule has 4 N–H and O–H groups in total. The number of aliphatic hydroxyl groups is 2. The van der Waals surface area contributed by atoms with Gasteiger partial charge in [-0.05, 0) is 59.3 Å². The smallest absolute Gasteiger partial charge is 0.165 e. The number of nitrogens with two attached hydrogens (primary N) is 1. The summed E-state index contributed by atoms with van der Waals surface area (Å²) in [6.07, 6.45) is 2.94. The van der Waals surface area contributed by atoms with Crippen LogP contribution in [0, 0.1) is 16.7 Å². The molecule has 1 aromatic carbocycles. The van der Waals surface area contributed by atoms with Crippen LogP contribution in [0.15, 0.2) is 23.8 Å². The summed E-state index contributed by atoms with van der Waals surface area (Å²) in [6.45, 7) is 7.01. The molecule has 1 aromatic rings. The number of aliphatic hydroxyl groups excluding tert-OH is 2. The van der Waals surface area contributed by atoms with Crippen molar-refractivity contribution in [3.63, 3.8) is 0 Å². The zero-order valence-electron chi connectivity index (χ0n) is 16.1.